The third-order valence-electron chi connectivity index (χ3n) is 2.42. The summed E-state index contributed by atoms with van der Waals surface area (Å²) in [5.74, 6) is 0.300. The summed E-state index contributed by atoms with van der Waals surface area (Å²) in [6, 6.07) is 4.38. The molecule has 1 N–H and O–H groups in total. The fourth-order valence-electron chi connectivity index (χ4n) is 1.53. The Morgan fingerprint density at radius 2 is 2.35 bits per heavy atom. The lowest BCUT2D eigenvalue weighted by Crippen LogP contribution is -2.00. The van der Waals surface area contributed by atoms with Gasteiger partial charge in [0.1, 0.15) is 11.6 Å². The molecule has 2 rings (SSSR count). The van der Waals surface area contributed by atoms with E-state index in [4.69, 9.17) is 4.74 Å². The number of rotatable bonds is 6. The average molecular weight is 293 g/mol. The van der Waals surface area contributed by atoms with Gasteiger partial charge in [0, 0.05) is 10.9 Å². The highest BCUT2D eigenvalue weighted by atomic mass is 32.1. The van der Waals surface area contributed by atoms with Crippen LogP contribution >= 0.6 is 11.3 Å². The minimum atomic E-state index is -0.319. The van der Waals surface area contributed by atoms with Gasteiger partial charge in [0.2, 0.25) is 5.13 Å². The first-order chi connectivity index (χ1) is 9.69. The van der Waals surface area contributed by atoms with Gasteiger partial charge in [0.25, 0.3) is 0 Å². The first kappa shape index (κ1) is 14.5. The van der Waals surface area contributed by atoms with Gasteiger partial charge in [-0.3, -0.25) is 5.43 Å². The normalized spacial score (nSPS) is 10.9. The molecule has 106 valence electrons. The van der Waals surface area contributed by atoms with Crippen molar-refractivity contribution in [1.82, 2.24) is 4.98 Å². The molecule has 0 unspecified atom stereocenters. The fraction of sp³-hybridized carbons (Fsp3) is 0.286. The van der Waals surface area contributed by atoms with Crippen LogP contribution in [-0.4, -0.2) is 17.8 Å². The van der Waals surface area contributed by atoms with Crippen molar-refractivity contribution in [2.75, 3.05) is 12.0 Å². The Labute approximate surface area is 121 Å². The van der Waals surface area contributed by atoms with Gasteiger partial charge in [-0.25, -0.2) is 9.37 Å². The Kier molecular flexibility index (Phi) is 5.06. The molecule has 0 atom stereocenters. The van der Waals surface area contributed by atoms with Gasteiger partial charge >= 0.3 is 0 Å². The van der Waals surface area contributed by atoms with Gasteiger partial charge in [-0.2, -0.15) is 5.10 Å². The number of benzene rings is 1. The number of ether oxygens (including phenoxy) is 1. The Morgan fingerprint density at radius 1 is 1.50 bits per heavy atom. The zero-order valence-corrected chi connectivity index (χ0v) is 12.2. The third kappa shape index (κ3) is 4.03. The van der Waals surface area contributed by atoms with Gasteiger partial charge in [-0.15, -0.1) is 11.3 Å². The SMILES string of the molecule is CCCOc1ccc(F)cc1C=NNc1nc(C)cs1. The standard InChI is InChI=1S/C14H16FN3OS/c1-3-6-19-13-5-4-12(15)7-11(13)8-16-18-14-17-10(2)9-20-14/h4-5,7-9H,3,6H2,1-2H3,(H,17,18). The van der Waals surface area contributed by atoms with Crippen LogP contribution in [0.25, 0.3) is 0 Å². The molecule has 0 radical (unpaired) electrons. The van der Waals surface area contributed by atoms with E-state index in [1.807, 2.05) is 19.2 Å². The molecule has 20 heavy (non-hydrogen) atoms. The van der Waals surface area contributed by atoms with E-state index >= 15 is 0 Å². The van der Waals surface area contributed by atoms with Gasteiger partial charge in [-0.05, 0) is 31.5 Å². The lowest BCUT2D eigenvalue weighted by atomic mass is 10.2. The second-order valence-electron chi connectivity index (χ2n) is 4.19. The topological polar surface area (TPSA) is 46.5 Å². The maximum absolute atomic E-state index is 13.3. The predicted octanol–water partition coefficient (Wildman–Crippen LogP) is 3.83. The van der Waals surface area contributed by atoms with Gasteiger partial charge < -0.3 is 4.74 Å². The lowest BCUT2D eigenvalue weighted by Gasteiger charge is -2.07. The van der Waals surface area contributed by atoms with Crippen molar-refractivity contribution >= 4 is 22.7 Å². The predicted molar refractivity (Wildman–Crippen MR) is 80.3 cm³/mol. The Morgan fingerprint density at radius 3 is 3.05 bits per heavy atom. The molecule has 4 nitrogen and oxygen atoms in total. The summed E-state index contributed by atoms with van der Waals surface area (Å²) in [5, 5.41) is 6.69. The molecule has 2 aromatic rings. The summed E-state index contributed by atoms with van der Waals surface area (Å²) in [6.45, 7) is 4.52. The second kappa shape index (κ2) is 7.00. The molecule has 1 aromatic heterocycles. The average Bonchev–Trinajstić information content (AvgIpc) is 2.84. The zero-order chi connectivity index (χ0) is 14.4. The van der Waals surface area contributed by atoms with Crippen molar-refractivity contribution in [3.05, 3.63) is 40.7 Å². The molecule has 0 saturated heterocycles. The number of thiazole rings is 1. The highest BCUT2D eigenvalue weighted by Gasteiger charge is 2.03. The van der Waals surface area contributed by atoms with Crippen molar-refractivity contribution in [3.8, 4) is 5.75 Å². The number of nitrogens with one attached hydrogen (secondary N) is 1. The number of anilines is 1. The van der Waals surface area contributed by atoms with Crippen LogP contribution in [0.15, 0.2) is 28.7 Å². The van der Waals surface area contributed by atoms with Gasteiger partial charge in [0.15, 0.2) is 0 Å². The Bertz CT molecular complexity index is 598. The highest BCUT2D eigenvalue weighted by Crippen LogP contribution is 2.19. The molecule has 1 heterocycles. The summed E-state index contributed by atoms with van der Waals surface area (Å²) >= 11 is 1.46. The van der Waals surface area contributed by atoms with E-state index in [2.05, 4.69) is 15.5 Å². The molecule has 0 spiro atoms. The molecule has 0 aliphatic carbocycles. The van der Waals surface area contributed by atoms with Crippen LogP contribution in [0.1, 0.15) is 24.6 Å². The Hall–Kier alpha value is -1.95. The first-order valence-corrected chi connectivity index (χ1v) is 7.20. The molecule has 0 aliphatic rings. The number of aromatic nitrogens is 1. The van der Waals surface area contributed by atoms with E-state index in [0.29, 0.717) is 23.1 Å². The summed E-state index contributed by atoms with van der Waals surface area (Å²) in [6.07, 6.45) is 2.43. The van der Waals surface area contributed by atoms with Crippen LogP contribution < -0.4 is 10.2 Å². The molecular formula is C14H16FN3OS. The van der Waals surface area contributed by atoms with Crippen LogP contribution in [0.2, 0.25) is 0 Å². The Balaban J connectivity index is 2.08. The quantitative estimate of drug-likeness (QED) is 0.650. The number of hydrogen-bond acceptors (Lipinski definition) is 5. The number of hydrogen-bond donors (Lipinski definition) is 1. The van der Waals surface area contributed by atoms with Crippen molar-refractivity contribution in [2.24, 2.45) is 5.10 Å². The van der Waals surface area contributed by atoms with Crippen molar-refractivity contribution < 1.29 is 9.13 Å². The molecule has 6 heteroatoms. The van der Waals surface area contributed by atoms with E-state index in [-0.39, 0.29) is 5.82 Å². The molecule has 1 aromatic carbocycles. The van der Waals surface area contributed by atoms with Crippen LogP contribution in [0.4, 0.5) is 9.52 Å². The smallest absolute Gasteiger partial charge is 0.203 e. The number of nitrogens with zero attached hydrogens (tertiary/aromatic N) is 2. The summed E-state index contributed by atoms with van der Waals surface area (Å²) in [5.41, 5.74) is 4.35. The van der Waals surface area contributed by atoms with Crippen LogP contribution in [0.3, 0.4) is 0 Å². The highest BCUT2D eigenvalue weighted by molar-refractivity contribution is 7.13. The van der Waals surface area contributed by atoms with E-state index in [9.17, 15) is 4.39 Å². The fourth-order valence-corrected chi connectivity index (χ4v) is 2.16. The number of hydrazone groups is 1. The molecule has 0 fully saturated rings. The summed E-state index contributed by atoms with van der Waals surface area (Å²) < 4.78 is 18.8. The zero-order valence-electron chi connectivity index (χ0n) is 11.4. The van der Waals surface area contributed by atoms with E-state index in [0.717, 1.165) is 12.1 Å². The van der Waals surface area contributed by atoms with Gasteiger partial charge in [-0.1, -0.05) is 6.92 Å². The summed E-state index contributed by atoms with van der Waals surface area (Å²) in [4.78, 5) is 4.22. The van der Waals surface area contributed by atoms with E-state index in [1.165, 1.54) is 29.7 Å². The largest absolute Gasteiger partial charge is 0.493 e. The second-order valence-corrected chi connectivity index (χ2v) is 5.05. The van der Waals surface area contributed by atoms with Crippen LogP contribution in [-0.2, 0) is 0 Å². The first-order valence-electron chi connectivity index (χ1n) is 6.32. The minimum absolute atomic E-state index is 0.319. The van der Waals surface area contributed by atoms with Crippen molar-refractivity contribution in [1.29, 1.82) is 0 Å². The third-order valence-corrected chi connectivity index (χ3v) is 3.28. The number of halogens is 1. The maximum Gasteiger partial charge on any atom is 0.203 e. The van der Waals surface area contributed by atoms with Gasteiger partial charge in [0.05, 0.1) is 18.5 Å². The molecule has 0 amide bonds. The van der Waals surface area contributed by atoms with Crippen LogP contribution in [0, 0.1) is 12.7 Å². The number of aryl methyl sites for hydroxylation is 1. The lowest BCUT2D eigenvalue weighted by molar-refractivity contribution is 0.316. The molecule has 0 aliphatic heterocycles. The van der Waals surface area contributed by atoms with E-state index < -0.39 is 0 Å². The molecule has 0 bridgehead atoms. The van der Waals surface area contributed by atoms with Crippen LogP contribution in [0.5, 0.6) is 5.75 Å². The van der Waals surface area contributed by atoms with Crippen molar-refractivity contribution in [2.45, 2.75) is 20.3 Å². The minimum Gasteiger partial charge on any atom is -0.493 e. The van der Waals surface area contributed by atoms with Crippen molar-refractivity contribution in [3.63, 3.8) is 0 Å². The summed E-state index contributed by atoms with van der Waals surface area (Å²) in [7, 11) is 0. The maximum atomic E-state index is 13.3. The monoisotopic (exact) mass is 293 g/mol. The molecule has 0 saturated carbocycles. The molecular weight excluding hydrogens is 277 g/mol. The van der Waals surface area contributed by atoms with E-state index in [1.54, 1.807) is 6.07 Å².